The summed E-state index contributed by atoms with van der Waals surface area (Å²) in [5.41, 5.74) is 8.41. The van der Waals surface area contributed by atoms with E-state index in [4.69, 9.17) is 42.6 Å². The summed E-state index contributed by atoms with van der Waals surface area (Å²) < 4.78 is 49.7. The van der Waals surface area contributed by atoms with Gasteiger partial charge in [0.1, 0.15) is 71.5 Å². The monoisotopic (exact) mass is 1880 g/mol. The lowest BCUT2D eigenvalue weighted by molar-refractivity contribution is -0.138. The number of anilines is 2. The van der Waals surface area contributed by atoms with Crippen molar-refractivity contribution in [2.24, 2.45) is 0 Å². The molecule has 138 heavy (non-hydrogen) atoms. The molecular weight excluding hydrogens is 1750 g/mol. The number of unbranched alkanes of at least 4 members (excludes halogenated alkanes) is 12. The van der Waals surface area contributed by atoms with Crippen molar-refractivity contribution in [1.82, 2.24) is 14.7 Å². The average Bonchev–Trinajstić information content (AvgIpc) is 0.854. The molecule has 0 aliphatic rings. The predicted molar refractivity (Wildman–Crippen MR) is 532 cm³/mol. The van der Waals surface area contributed by atoms with Gasteiger partial charge in [0.2, 0.25) is 11.8 Å². The highest BCUT2D eigenvalue weighted by Gasteiger charge is 2.23. The smallest absolute Gasteiger partial charge is 0.343 e. The fourth-order valence-electron chi connectivity index (χ4n) is 14.4. The van der Waals surface area contributed by atoms with Gasteiger partial charge in [0, 0.05) is 48.7 Å². The van der Waals surface area contributed by atoms with Crippen LogP contribution in [-0.4, -0.2) is 158 Å². The first-order chi connectivity index (χ1) is 67.0. The molecule has 26 nitrogen and oxygen atoms in total. The predicted octanol–water partition coefficient (Wildman–Crippen LogP) is 21.2. The summed E-state index contributed by atoms with van der Waals surface area (Å²) in [6.07, 6.45) is 18.5. The summed E-state index contributed by atoms with van der Waals surface area (Å²) >= 11 is 0. The molecule has 0 radical (unpaired) electrons. The molecule has 11 rings (SSSR count). The molecule has 0 aromatic heterocycles. The van der Waals surface area contributed by atoms with Crippen LogP contribution in [0.2, 0.25) is 0 Å². The first-order valence-corrected chi connectivity index (χ1v) is 47.0. The van der Waals surface area contributed by atoms with Crippen LogP contribution < -0.4 is 48.5 Å². The van der Waals surface area contributed by atoms with Crippen molar-refractivity contribution in [1.29, 1.82) is 0 Å². The molecule has 4 N–H and O–H groups in total. The standard InChI is InChI=1S/2C40H44N2O8.C32H39NO5/c1-3-4-5-6-7-26-49-35-22-14-32(15-23-35)40(47)50-36-20-8-29(9-21-36)24-25-42(28-38(44)45)39(46)31-12-16-33(17-13-31)41-37(43)27-30-10-18-34(48-2)19-11-30;1-2-3-4-5-9-26-49-35-22-16-33(17-23-35)40(47)50-36-20-12-30(13-21-36)24-25-42(27-38(44)45)39(46)32-14-18-34(19-15-32)41-37(43)29-48-28-31-10-7-6-8-11-31;1-4-5-6-7-8-21-37-30-19-13-28(14-20-30)32(35)38-31-17-11-27(12-18-31)24-33(22-25(2)34)23-26-9-15-29(36-3)16-10-26/h8-23H,3-7,24-28H2,1-2H3,(H,41,43)(H,44,45);6-8,10-23H,2-5,9,24-29H2,1H3,(H,41,43)(H,44,45);9-20H,4-8,21-24H2,1-3H3. The van der Waals surface area contributed by atoms with E-state index in [2.05, 4.69) is 36.3 Å². The zero-order valence-electron chi connectivity index (χ0n) is 79.7. The Labute approximate surface area is 808 Å². The highest BCUT2D eigenvalue weighted by atomic mass is 16.5. The molecule has 0 heterocycles. The van der Waals surface area contributed by atoms with Gasteiger partial charge >= 0.3 is 29.8 Å². The number of esters is 3. The molecule has 26 heteroatoms. The van der Waals surface area contributed by atoms with Crippen LogP contribution in [0.15, 0.2) is 273 Å². The molecule has 726 valence electrons. The van der Waals surface area contributed by atoms with E-state index in [0.717, 1.165) is 77.0 Å². The Morgan fingerprint density at radius 3 is 0.957 bits per heavy atom. The van der Waals surface area contributed by atoms with Gasteiger partial charge in [-0.3, -0.25) is 38.5 Å². The van der Waals surface area contributed by atoms with Gasteiger partial charge in [0.05, 0.1) is 70.3 Å². The van der Waals surface area contributed by atoms with Crippen molar-refractivity contribution in [2.75, 3.05) is 84.0 Å². The second-order valence-corrected chi connectivity index (χ2v) is 33.2. The fraction of sp³-hybridized carbons (Fsp3) is 0.321. The average molecular weight is 1880 g/mol. The van der Waals surface area contributed by atoms with E-state index in [1.807, 2.05) is 78.9 Å². The van der Waals surface area contributed by atoms with Crippen molar-refractivity contribution in [2.45, 2.75) is 163 Å². The van der Waals surface area contributed by atoms with Crippen LogP contribution in [-0.2, 0) is 67.7 Å². The third-order valence-electron chi connectivity index (χ3n) is 21.9. The highest BCUT2D eigenvalue weighted by molar-refractivity contribution is 5.99. The molecule has 0 spiro atoms. The quantitative estimate of drug-likeness (QED) is 0.0156. The maximum atomic E-state index is 13.3. The van der Waals surface area contributed by atoms with Gasteiger partial charge in [0.25, 0.3) is 11.8 Å². The van der Waals surface area contributed by atoms with E-state index in [9.17, 15) is 58.2 Å². The summed E-state index contributed by atoms with van der Waals surface area (Å²) in [4.78, 5) is 129. The van der Waals surface area contributed by atoms with Gasteiger partial charge in [-0.15, -0.1) is 0 Å². The van der Waals surface area contributed by atoms with Crippen LogP contribution in [0.3, 0.4) is 0 Å². The fourth-order valence-corrected chi connectivity index (χ4v) is 14.4. The molecule has 11 aromatic rings. The van der Waals surface area contributed by atoms with E-state index in [1.165, 1.54) is 86.1 Å². The Kier molecular flexibility index (Phi) is 46.4. The molecular formula is C112H127N5O21. The topological polar surface area (TPSA) is 328 Å². The number of amides is 4. The van der Waals surface area contributed by atoms with Gasteiger partial charge < -0.3 is 73.3 Å². The molecule has 0 atom stereocenters. The third-order valence-corrected chi connectivity index (χ3v) is 21.9. The van der Waals surface area contributed by atoms with Crippen molar-refractivity contribution in [3.8, 4) is 46.0 Å². The molecule has 0 fully saturated rings. The first kappa shape index (κ1) is 107. The second kappa shape index (κ2) is 59.9. The third kappa shape index (κ3) is 40.0. The number of carboxylic acid groups (broad SMARTS) is 2. The van der Waals surface area contributed by atoms with Gasteiger partial charge in [0.15, 0.2) is 0 Å². The Morgan fingerprint density at radius 2 is 0.623 bits per heavy atom. The molecule has 0 unspecified atom stereocenters. The van der Waals surface area contributed by atoms with Crippen LogP contribution in [0.25, 0.3) is 0 Å². The lowest BCUT2D eigenvalue weighted by atomic mass is 10.1. The number of aliphatic carboxylic acids is 2. The molecule has 4 amide bonds. The molecule has 0 bridgehead atoms. The SMILES string of the molecule is CCCCCCCOc1ccc(C(=O)Oc2ccc(CCN(CC(=O)O)C(=O)c3ccc(NC(=O)COCc4ccccc4)cc3)cc2)cc1.CCCCCCCOc1ccc(C(=O)Oc2ccc(CCN(CC(=O)O)C(=O)c3ccc(NC(=O)Cc4ccc(OC)cc4)cc3)cc2)cc1.CCCCCCCOc1ccc(C(=O)Oc2ccc(CN(CC(C)=O)Cc3ccc(OC)cc3)cc2)cc1. The molecule has 0 saturated carbocycles. The van der Waals surface area contributed by atoms with Crippen molar-refractivity contribution in [3.63, 3.8) is 0 Å². The van der Waals surface area contributed by atoms with Crippen LogP contribution >= 0.6 is 0 Å². The summed E-state index contributed by atoms with van der Waals surface area (Å²) in [5.74, 6) is -0.160. The Bertz CT molecular complexity index is 5550. The maximum absolute atomic E-state index is 13.3. The number of carboxylic acids is 2. The van der Waals surface area contributed by atoms with E-state index >= 15 is 0 Å². The lowest BCUT2D eigenvalue weighted by Crippen LogP contribution is -2.37. The minimum absolute atomic E-state index is 0.104. The number of ether oxygens (including phenoxy) is 9. The Hall–Kier alpha value is -14.8. The van der Waals surface area contributed by atoms with E-state index in [-0.39, 0.29) is 49.3 Å². The number of ketones is 1. The number of nitrogens with one attached hydrogen (secondary N) is 2. The number of carbonyl (C=O) groups excluding carboxylic acids is 8. The summed E-state index contributed by atoms with van der Waals surface area (Å²) in [6, 6.07) is 79.0. The second-order valence-electron chi connectivity index (χ2n) is 33.2. The number of hydrogen-bond donors (Lipinski definition) is 4. The van der Waals surface area contributed by atoms with Gasteiger partial charge in [-0.05, 0) is 254 Å². The zero-order valence-corrected chi connectivity index (χ0v) is 79.7. The summed E-state index contributed by atoms with van der Waals surface area (Å²) in [5, 5.41) is 24.5. The van der Waals surface area contributed by atoms with Crippen molar-refractivity contribution >= 4 is 70.6 Å². The maximum Gasteiger partial charge on any atom is 0.343 e. The highest BCUT2D eigenvalue weighted by Crippen LogP contribution is 2.26. The van der Waals surface area contributed by atoms with E-state index < -0.39 is 54.8 Å². The van der Waals surface area contributed by atoms with E-state index in [0.29, 0.717) is 127 Å². The van der Waals surface area contributed by atoms with Gasteiger partial charge in [-0.25, -0.2) is 14.4 Å². The Morgan fingerprint density at radius 1 is 0.312 bits per heavy atom. The Balaban J connectivity index is 0.000000234. The number of rotatable bonds is 55. The number of Topliss-reactive ketones (excluding diaryl/α,β-unsaturated/α-hetero) is 1. The minimum Gasteiger partial charge on any atom is -0.497 e. The van der Waals surface area contributed by atoms with E-state index in [1.54, 1.807) is 203 Å². The molecule has 0 saturated heterocycles. The number of nitrogens with zero attached hydrogens (tertiary/aromatic N) is 3. The van der Waals surface area contributed by atoms with Crippen LogP contribution in [0.4, 0.5) is 11.4 Å². The molecule has 11 aromatic carbocycles. The largest absolute Gasteiger partial charge is 0.497 e. The number of carbonyl (C=O) groups is 10. The van der Waals surface area contributed by atoms with Crippen molar-refractivity contribution in [3.05, 3.63) is 334 Å². The number of benzene rings is 11. The first-order valence-electron chi connectivity index (χ1n) is 47.0. The van der Waals surface area contributed by atoms with Crippen molar-refractivity contribution < 1.29 is 101 Å². The summed E-state index contributed by atoms with van der Waals surface area (Å²) in [6.45, 7) is 11.2. The van der Waals surface area contributed by atoms with Gasteiger partial charge in [-0.2, -0.15) is 0 Å². The van der Waals surface area contributed by atoms with Gasteiger partial charge in [-0.1, -0.05) is 189 Å². The number of hydrogen-bond acceptors (Lipinski definition) is 20. The molecule has 0 aliphatic heterocycles. The number of methoxy groups -OCH3 is 2. The zero-order chi connectivity index (χ0) is 98.4. The minimum atomic E-state index is -1.14. The molecule has 0 aliphatic carbocycles. The lowest BCUT2D eigenvalue weighted by Gasteiger charge is -2.21. The van der Waals surface area contributed by atoms with Crippen LogP contribution in [0, 0.1) is 0 Å². The normalized spacial score (nSPS) is 10.7. The van der Waals surface area contributed by atoms with Crippen LogP contribution in [0.5, 0.6) is 46.0 Å². The summed E-state index contributed by atoms with van der Waals surface area (Å²) in [7, 11) is 3.21. The van der Waals surface area contributed by atoms with Crippen LogP contribution in [0.1, 0.15) is 209 Å².